The maximum atomic E-state index is 10.6. The second-order valence-electron chi connectivity index (χ2n) is 1.93. The highest BCUT2D eigenvalue weighted by Crippen LogP contribution is 1.86. The second kappa shape index (κ2) is 5.20. The Balaban J connectivity index is 3.61. The van der Waals surface area contributed by atoms with Crippen LogP contribution in [-0.4, -0.2) is 42.2 Å². The van der Waals surface area contributed by atoms with Gasteiger partial charge in [0.05, 0.1) is 13.2 Å². The molecule has 0 saturated heterocycles. The normalized spacial score (nSPS) is 9.50. The van der Waals surface area contributed by atoms with E-state index in [1.807, 2.05) is 0 Å². The van der Waals surface area contributed by atoms with Gasteiger partial charge in [0.15, 0.2) is 0 Å². The van der Waals surface area contributed by atoms with Crippen LogP contribution in [0.15, 0.2) is 0 Å². The van der Waals surface area contributed by atoms with E-state index >= 15 is 0 Å². The molecule has 1 N–H and O–H groups in total. The van der Waals surface area contributed by atoms with Crippen LogP contribution >= 0.6 is 0 Å². The van der Waals surface area contributed by atoms with Crippen molar-refractivity contribution in [1.82, 2.24) is 4.90 Å². The van der Waals surface area contributed by atoms with Gasteiger partial charge in [0.25, 0.3) is 0 Å². The number of hydrogen-bond donors (Lipinski definition) is 1. The summed E-state index contributed by atoms with van der Waals surface area (Å²) in [6.45, 7) is 1.44. The summed E-state index contributed by atoms with van der Waals surface area (Å²) < 4.78 is 0. The summed E-state index contributed by atoms with van der Waals surface area (Å²) in [5.74, 6) is -0.162. The molecule has 0 unspecified atom stereocenters. The summed E-state index contributed by atoms with van der Waals surface area (Å²) in [5.41, 5.74) is 0. The van der Waals surface area contributed by atoms with Crippen LogP contribution in [0.2, 0.25) is 0 Å². The number of hydrogen-bond acceptors (Lipinski definition) is 2. The molecule has 0 aromatic heterocycles. The van der Waals surface area contributed by atoms with E-state index in [9.17, 15) is 9.90 Å². The number of carbonyl (C=O) groups is 1. The number of amides is 1. The predicted molar refractivity (Wildman–Crippen MR) is 34.9 cm³/mol. The van der Waals surface area contributed by atoms with Crippen LogP contribution in [-0.2, 0) is 9.90 Å². The lowest BCUT2D eigenvalue weighted by Crippen LogP contribution is -2.33. The molecular formula is C6H12NO3. The van der Waals surface area contributed by atoms with Gasteiger partial charge >= 0.3 is 0 Å². The minimum Gasteiger partial charge on any atom is -0.395 e. The van der Waals surface area contributed by atoms with E-state index in [4.69, 9.17) is 5.11 Å². The molecule has 0 aliphatic rings. The fourth-order valence-corrected chi connectivity index (χ4v) is 0.658. The van der Waals surface area contributed by atoms with Crippen molar-refractivity contribution < 1.29 is 15.0 Å². The van der Waals surface area contributed by atoms with E-state index in [2.05, 4.69) is 0 Å². The molecule has 4 heteroatoms. The minimum absolute atomic E-state index is 0.0837. The molecule has 0 heterocycles. The molecule has 59 valence electrons. The molecule has 0 aliphatic carbocycles. The summed E-state index contributed by atoms with van der Waals surface area (Å²) in [6, 6.07) is 0. The molecule has 0 saturated carbocycles. The Hall–Kier alpha value is -0.610. The van der Waals surface area contributed by atoms with Gasteiger partial charge in [-0.25, -0.2) is 5.11 Å². The molecule has 0 aromatic rings. The minimum atomic E-state index is -0.306. The Labute approximate surface area is 60.1 Å². The maximum absolute atomic E-state index is 10.6. The number of carbonyl (C=O) groups excluding carboxylic acids is 1. The van der Waals surface area contributed by atoms with Crippen LogP contribution in [0.4, 0.5) is 0 Å². The molecule has 0 aliphatic heterocycles. The molecule has 0 rings (SSSR count). The van der Waals surface area contributed by atoms with Crippen LogP contribution in [0, 0.1) is 0 Å². The van der Waals surface area contributed by atoms with E-state index < -0.39 is 0 Å². The fraction of sp³-hybridized carbons (Fsp3) is 0.833. The Bertz CT molecular complexity index is 99.2. The molecule has 10 heavy (non-hydrogen) atoms. The lowest BCUT2D eigenvalue weighted by molar-refractivity contribution is -0.130. The van der Waals surface area contributed by atoms with Crippen LogP contribution < -0.4 is 0 Å². The smallest absolute Gasteiger partial charge is 0.219 e. The maximum Gasteiger partial charge on any atom is 0.219 e. The molecule has 0 atom stereocenters. The van der Waals surface area contributed by atoms with Crippen molar-refractivity contribution in [3.63, 3.8) is 0 Å². The van der Waals surface area contributed by atoms with Gasteiger partial charge in [-0.15, -0.1) is 0 Å². The molecular weight excluding hydrogens is 134 g/mol. The van der Waals surface area contributed by atoms with Crippen molar-refractivity contribution in [2.24, 2.45) is 0 Å². The van der Waals surface area contributed by atoms with E-state index in [0.717, 1.165) is 0 Å². The van der Waals surface area contributed by atoms with Crippen molar-refractivity contribution in [2.75, 3.05) is 26.3 Å². The van der Waals surface area contributed by atoms with Crippen molar-refractivity contribution in [2.45, 2.75) is 6.92 Å². The van der Waals surface area contributed by atoms with Crippen LogP contribution in [0.25, 0.3) is 0 Å². The largest absolute Gasteiger partial charge is 0.395 e. The zero-order valence-electron chi connectivity index (χ0n) is 6.04. The summed E-state index contributed by atoms with van der Waals surface area (Å²) in [5, 5.41) is 18.5. The summed E-state index contributed by atoms with van der Waals surface area (Å²) >= 11 is 0. The zero-order valence-corrected chi connectivity index (χ0v) is 6.04. The van der Waals surface area contributed by atoms with E-state index in [1.54, 1.807) is 0 Å². The average Bonchev–Trinajstić information content (AvgIpc) is 1.87. The third kappa shape index (κ3) is 3.42. The third-order valence-electron chi connectivity index (χ3n) is 1.18. The second-order valence-corrected chi connectivity index (χ2v) is 1.93. The van der Waals surface area contributed by atoms with Crippen LogP contribution in [0.5, 0.6) is 0 Å². The molecule has 0 fully saturated rings. The molecule has 4 nitrogen and oxygen atoms in total. The van der Waals surface area contributed by atoms with Crippen molar-refractivity contribution in [3.8, 4) is 0 Å². The number of nitrogens with zero attached hydrogens (tertiary/aromatic N) is 1. The quantitative estimate of drug-likeness (QED) is 0.567. The summed E-state index contributed by atoms with van der Waals surface area (Å²) in [6.07, 6.45) is 0. The van der Waals surface area contributed by atoms with Crippen LogP contribution in [0.1, 0.15) is 6.92 Å². The zero-order chi connectivity index (χ0) is 7.98. The van der Waals surface area contributed by atoms with Gasteiger partial charge in [-0.1, -0.05) is 0 Å². The first-order chi connectivity index (χ1) is 4.72. The first kappa shape index (κ1) is 9.39. The third-order valence-corrected chi connectivity index (χ3v) is 1.18. The monoisotopic (exact) mass is 146 g/mol. The lowest BCUT2D eigenvalue weighted by Gasteiger charge is -2.17. The van der Waals surface area contributed by atoms with Gasteiger partial charge in [0, 0.05) is 20.0 Å². The topological polar surface area (TPSA) is 60.4 Å². The van der Waals surface area contributed by atoms with E-state index in [1.165, 1.54) is 11.8 Å². The van der Waals surface area contributed by atoms with Gasteiger partial charge in [0.2, 0.25) is 5.91 Å². The van der Waals surface area contributed by atoms with Gasteiger partial charge in [-0.05, 0) is 0 Å². The first-order valence-corrected chi connectivity index (χ1v) is 3.17. The Kier molecular flexibility index (Phi) is 4.88. The Morgan fingerprint density at radius 2 is 2.10 bits per heavy atom. The van der Waals surface area contributed by atoms with Gasteiger partial charge in [-0.2, -0.15) is 0 Å². The SMILES string of the molecule is CC(=O)N(CC[O])CCO. The van der Waals surface area contributed by atoms with Crippen molar-refractivity contribution in [3.05, 3.63) is 0 Å². The van der Waals surface area contributed by atoms with Crippen molar-refractivity contribution in [1.29, 1.82) is 0 Å². The number of aliphatic hydroxyl groups is 1. The highest BCUT2D eigenvalue weighted by Gasteiger charge is 2.05. The predicted octanol–water partition coefficient (Wildman–Crippen LogP) is -0.742. The molecule has 1 amide bonds. The average molecular weight is 146 g/mol. The molecule has 0 aromatic carbocycles. The number of aliphatic hydroxyl groups excluding tert-OH is 1. The molecule has 0 spiro atoms. The summed E-state index contributed by atoms with van der Waals surface area (Å²) in [7, 11) is 0. The van der Waals surface area contributed by atoms with Gasteiger partial charge in [0.1, 0.15) is 0 Å². The first-order valence-electron chi connectivity index (χ1n) is 3.17. The highest BCUT2D eigenvalue weighted by molar-refractivity contribution is 5.73. The van der Waals surface area contributed by atoms with E-state index in [0.29, 0.717) is 0 Å². The lowest BCUT2D eigenvalue weighted by atomic mass is 10.4. The summed E-state index contributed by atoms with van der Waals surface area (Å²) in [4.78, 5) is 11.9. The van der Waals surface area contributed by atoms with Gasteiger partial charge < -0.3 is 10.0 Å². The van der Waals surface area contributed by atoms with E-state index in [-0.39, 0.29) is 32.2 Å². The van der Waals surface area contributed by atoms with Crippen molar-refractivity contribution >= 4 is 5.91 Å². The fourth-order valence-electron chi connectivity index (χ4n) is 0.658. The molecule has 1 radical (unpaired) electrons. The molecule has 0 bridgehead atoms. The van der Waals surface area contributed by atoms with Gasteiger partial charge in [-0.3, -0.25) is 4.79 Å². The highest BCUT2D eigenvalue weighted by atomic mass is 16.3. The number of rotatable bonds is 4. The van der Waals surface area contributed by atoms with Crippen LogP contribution in [0.3, 0.4) is 0 Å². The Morgan fingerprint density at radius 1 is 1.50 bits per heavy atom. The standard InChI is InChI=1S/C6H12NO3/c1-6(10)7(2-4-8)3-5-9/h8H,2-5H2,1H3. The Morgan fingerprint density at radius 3 is 2.40 bits per heavy atom.